The van der Waals surface area contributed by atoms with Gasteiger partial charge in [0.15, 0.2) is 12.6 Å². The van der Waals surface area contributed by atoms with Gasteiger partial charge in [-0.2, -0.15) is 0 Å². The Kier molecular flexibility index (Phi) is 34.6. The first kappa shape index (κ1) is 59.6. The highest BCUT2D eigenvalue weighted by Crippen LogP contribution is 2.30. The van der Waals surface area contributed by atoms with Crippen LogP contribution in [0.4, 0.5) is 0 Å². The summed E-state index contributed by atoms with van der Waals surface area (Å²) in [5.74, 6) is -0.277. The Labute approximate surface area is 396 Å². The lowest BCUT2D eigenvalue weighted by atomic mass is 9.97. The van der Waals surface area contributed by atoms with Crippen molar-refractivity contribution in [1.29, 1.82) is 0 Å². The molecule has 2 heterocycles. The van der Waals surface area contributed by atoms with Gasteiger partial charge in [0.2, 0.25) is 5.91 Å². The van der Waals surface area contributed by atoms with Gasteiger partial charge < -0.3 is 65.1 Å². The van der Waals surface area contributed by atoms with Crippen molar-refractivity contribution in [2.24, 2.45) is 0 Å². The van der Waals surface area contributed by atoms with Crippen molar-refractivity contribution in [3.63, 3.8) is 0 Å². The summed E-state index contributed by atoms with van der Waals surface area (Å²) in [6.07, 6.45) is 30.8. The van der Waals surface area contributed by atoms with E-state index in [1.54, 1.807) is 6.08 Å². The van der Waals surface area contributed by atoms with E-state index in [0.29, 0.717) is 12.8 Å². The highest BCUT2D eigenvalue weighted by Gasteiger charge is 2.51. The lowest BCUT2D eigenvalue weighted by molar-refractivity contribution is -0.359. The van der Waals surface area contributed by atoms with Gasteiger partial charge in [-0.25, -0.2) is 0 Å². The molecule has 12 unspecified atom stereocenters. The zero-order chi connectivity index (χ0) is 48.2. The summed E-state index contributed by atoms with van der Waals surface area (Å²) < 4.78 is 22.6. The second-order valence-corrected chi connectivity index (χ2v) is 17.6. The van der Waals surface area contributed by atoms with Gasteiger partial charge in [-0.3, -0.25) is 4.79 Å². The van der Waals surface area contributed by atoms with Crippen LogP contribution >= 0.6 is 0 Å². The normalized spacial score (nSPS) is 27.4. The predicted octanol–water partition coefficient (Wildman–Crippen LogP) is 6.43. The minimum atomic E-state index is -1.80. The number of unbranched alkanes of at least 4 members (excludes halogenated alkanes) is 14. The van der Waals surface area contributed by atoms with Crippen LogP contribution in [0.3, 0.4) is 0 Å². The zero-order valence-corrected chi connectivity index (χ0v) is 40.2. The van der Waals surface area contributed by atoms with Crippen LogP contribution in [-0.4, -0.2) is 140 Å². The van der Waals surface area contributed by atoms with Gasteiger partial charge >= 0.3 is 0 Å². The molecule has 0 saturated carbocycles. The van der Waals surface area contributed by atoms with Crippen LogP contribution in [0.25, 0.3) is 0 Å². The summed E-state index contributed by atoms with van der Waals surface area (Å²) in [5, 5.41) is 86.7. The van der Waals surface area contributed by atoms with Gasteiger partial charge in [-0.1, -0.05) is 151 Å². The Balaban J connectivity index is 1.89. The largest absolute Gasteiger partial charge is 0.394 e. The standard InChI is InChI=1S/C52H89NO13/c1-3-5-7-9-11-13-15-17-19-20-22-24-26-28-30-32-34-36-44(57)53-40(41(56)35-33-31-29-27-25-23-21-18-16-14-12-10-8-6-4-2)39-63-51-49(62)47(60)50(43(38-55)65-51)66-52-48(61)46(59)45(58)42(37-54)64-52/h5,7,11,13,17,19,22,24-25,27,33,35,40-43,45-52,54-56,58-62H,3-4,6,8-10,12,14-16,18,20-21,23,26,28-32,34,36-39H2,1-2H3,(H,53,57)/b7-5-,13-11-,19-17-,24-22-,27-25+,35-33+. The van der Waals surface area contributed by atoms with Crippen LogP contribution < -0.4 is 5.32 Å². The quantitative estimate of drug-likeness (QED) is 0.0242. The molecule has 2 aliphatic heterocycles. The van der Waals surface area contributed by atoms with Crippen LogP contribution in [0.5, 0.6) is 0 Å². The third-order valence-electron chi connectivity index (χ3n) is 11.9. The van der Waals surface area contributed by atoms with E-state index in [9.17, 15) is 45.6 Å². The molecule has 0 spiro atoms. The molecule has 9 N–H and O–H groups in total. The number of aliphatic hydroxyl groups excluding tert-OH is 8. The lowest BCUT2D eigenvalue weighted by Gasteiger charge is -2.46. The van der Waals surface area contributed by atoms with Crippen molar-refractivity contribution in [2.45, 2.75) is 229 Å². The van der Waals surface area contributed by atoms with Gasteiger partial charge in [0.1, 0.15) is 48.8 Å². The first-order valence-corrected chi connectivity index (χ1v) is 25.2. The summed E-state index contributed by atoms with van der Waals surface area (Å²) >= 11 is 0. The van der Waals surface area contributed by atoms with Gasteiger partial charge in [-0.05, 0) is 70.6 Å². The molecule has 14 nitrogen and oxygen atoms in total. The molecule has 14 heteroatoms. The summed E-state index contributed by atoms with van der Waals surface area (Å²) in [6.45, 7) is 2.61. The number of hydrogen-bond donors (Lipinski definition) is 9. The number of allylic oxidation sites excluding steroid dienone is 11. The van der Waals surface area contributed by atoms with Crippen molar-refractivity contribution in [2.75, 3.05) is 19.8 Å². The molecular formula is C52H89NO13. The average Bonchev–Trinajstić information content (AvgIpc) is 3.31. The summed E-state index contributed by atoms with van der Waals surface area (Å²) in [4.78, 5) is 13.2. The maximum absolute atomic E-state index is 13.2. The van der Waals surface area contributed by atoms with E-state index in [1.807, 2.05) is 6.08 Å². The molecule has 0 aromatic rings. The maximum Gasteiger partial charge on any atom is 0.220 e. The molecule has 380 valence electrons. The van der Waals surface area contributed by atoms with E-state index in [-0.39, 0.29) is 18.9 Å². The van der Waals surface area contributed by atoms with Gasteiger partial charge in [0.25, 0.3) is 0 Å². The molecule has 0 radical (unpaired) electrons. The van der Waals surface area contributed by atoms with Crippen molar-refractivity contribution in [3.05, 3.63) is 72.9 Å². The summed E-state index contributed by atoms with van der Waals surface area (Å²) in [6, 6.07) is -0.947. The molecule has 2 rings (SSSR count). The second kappa shape index (κ2) is 38.3. The molecule has 66 heavy (non-hydrogen) atoms. The first-order valence-electron chi connectivity index (χ1n) is 25.2. The van der Waals surface area contributed by atoms with Crippen LogP contribution in [0.15, 0.2) is 72.9 Å². The molecule has 2 aliphatic rings. The fourth-order valence-corrected chi connectivity index (χ4v) is 7.77. The highest BCUT2D eigenvalue weighted by atomic mass is 16.7. The van der Waals surface area contributed by atoms with Gasteiger partial charge in [0.05, 0.1) is 32.0 Å². The predicted molar refractivity (Wildman–Crippen MR) is 258 cm³/mol. The van der Waals surface area contributed by atoms with Crippen molar-refractivity contribution < 1.29 is 64.6 Å². The zero-order valence-electron chi connectivity index (χ0n) is 40.2. The summed E-state index contributed by atoms with van der Waals surface area (Å²) in [7, 11) is 0. The molecule has 2 fully saturated rings. The van der Waals surface area contributed by atoms with Crippen molar-refractivity contribution in [3.8, 4) is 0 Å². The molecule has 12 atom stereocenters. The number of carbonyl (C=O) groups is 1. The van der Waals surface area contributed by atoms with E-state index >= 15 is 0 Å². The second-order valence-electron chi connectivity index (χ2n) is 17.6. The number of hydrogen-bond acceptors (Lipinski definition) is 13. The molecule has 1 amide bonds. The highest BCUT2D eigenvalue weighted by molar-refractivity contribution is 5.76. The van der Waals surface area contributed by atoms with E-state index < -0.39 is 86.8 Å². The Morgan fingerprint density at radius 1 is 0.561 bits per heavy atom. The van der Waals surface area contributed by atoms with Crippen LogP contribution in [0, 0.1) is 0 Å². The van der Waals surface area contributed by atoms with Gasteiger partial charge in [0, 0.05) is 6.42 Å². The van der Waals surface area contributed by atoms with Crippen LogP contribution in [0.1, 0.15) is 155 Å². The topological polar surface area (TPSA) is 228 Å². The van der Waals surface area contributed by atoms with E-state index in [0.717, 1.165) is 64.2 Å². The number of ether oxygens (including phenoxy) is 4. The average molecular weight is 936 g/mol. The number of rotatable bonds is 37. The fraction of sp³-hybridized carbons (Fsp3) is 0.750. The smallest absolute Gasteiger partial charge is 0.220 e. The minimum absolute atomic E-state index is 0.242. The minimum Gasteiger partial charge on any atom is -0.394 e. The Bertz CT molecular complexity index is 1380. The van der Waals surface area contributed by atoms with Gasteiger partial charge in [-0.15, -0.1) is 0 Å². The number of aliphatic hydroxyl groups is 8. The number of amides is 1. The Morgan fingerprint density at radius 2 is 1.06 bits per heavy atom. The van der Waals surface area contributed by atoms with E-state index in [2.05, 4.69) is 79.9 Å². The maximum atomic E-state index is 13.2. The third kappa shape index (κ3) is 25.2. The van der Waals surface area contributed by atoms with Crippen molar-refractivity contribution in [1.82, 2.24) is 5.32 Å². The molecular weight excluding hydrogens is 847 g/mol. The fourth-order valence-electron chi connectivity index (χ4n) is 7.77. The van der Waals surface area contributed by atoms with E-state index in [4.69, 9.17) is 18.9 Å². The number of carbonyl (C=O) groups excluding carboxylic acids is 1. The lowest BCUT2D eigenvalue weighted by Crippen LogP contribution is -2.65. The molecule has 0 aliphatic carbocycles. The van der Waals surface area contributed by atoms with E-state index in [1.165, 1.54) is 57.8 Å². The molecule has 0 aromatic carbocycles. The Hall–Kier alpha value is -2.57. The molecule has 0 bridgehead atoms. The molecule has 2 saturated heterocycles. The van der Waals surface area contributed by atoms with Crippen molar-refractivity contribution >= 4 is 5.91 Å². The molecule has 0 aromatic heterocycles. The third-order valence-corrected chi connectivity index (χ3v) is 11.9. The number of nitrogens with one attached hydrogen (secondary N) is 1. The van der Waals surface area contributed by atoms with Crippen LogP contribution in [0.2, 0.25) is 0 Å². The monoisotopic (exact) mass is 936 g/mol. The first-order chi connectivity index (χ1) is 32.1. The van der Waals surface area contributed by atoms with Crippen LogP contribution in [-0.2, 0) is 23.7 Å². The Morgan fingerprint density at radius 3 is 1.67 bits per heavy atom. The summed E-state index contributed by atoms with van der Waals surface area (Å²) in [5.41, 5.74) is 0. The SMILES string of the molecule is CC/C=C\C/C=C\C/C=C\C/C=C\CCCCCCC(=O)NC(COC1OC(CO)C(OC2OC(CO)C(O)C(O)C2O)C(O)C1O)C(O)/C=C/CC/C=C/CCCCCCCCCCC.